The zero-order valence-corrected chi connectivity index (χ0v) is 7.46. The molecule has 1 aliphatic rings. The highest BCUT2D eigenvalue weighted by Gasteiger charge is 2.21. The van der Waals surface area contributed by atoms with Gasteiger partial charge in [0.2, 0.25) is 0 Å². The SMILES string of the molecule is C#CCCOC1CCCCC1N. The first kappa shape index (κ1) is 9.57. The number of hydrogen-bond acceptors (Lipinski definition) is 2. The number of hydrogen-bond donors (Lipinski definition) is 1. The fourth-order valence-corrected chi connectivity index (χ4v) is 1.60. The van der Waals surface area contributed by atoms with E-state index in [1.54, 1.807) is 0 Å². The molecule has 0 aliphatic heterocycles. The molecule has 68 valence electrons. The van der Waals surface area contributed by atoms with Gasteiger partial charge in [0.1, 0.15) is 0 Å². The van der Waals surface area contributed by atoms with Crippen LogP contribution in [0.4, 0.5) is 0 Å². The van der Waals surface area contributed by atoms with Gasteiger partial charge in [-0.05, 0) is 12.8 Å². The normalized spacial score (nSPS) is 29.7. The summed E-state index contributed by atoms with van der Waals surface area (Å²) in [6.45, 7) is 0.662. The van der Waals surface area contributed by atoms with Crippen molar-refractivity contribution in [2.75, 3.05) is 6.61 Å². The molecule has 2 nitrogen and oxygen atoms in total. The van der Waals surface area contributed by atoms with Crippen LogP contribution in [0.3, 0.4) is 0 Å². The van der Waals surface area contributed by atoms with Crippen molar-refractivity contribution >= 4 is 0 Å². The lowest BCUT2D eigenvalue weighted by Crippen LogP contribution is -2.39. The van der Waals surface area contributed by atoms with E-state index in [0.717, 1.165) is 12.8 Å². The summed E-state index contributed by atoms with van der Waals surface area (Å²) in [5.41, 5.74) is 5.88. The van der Waals surface area contributed by atoms with Crippen LogP contribution in [0.15, 0.2) is 0 Å². The van der Waals surface area contributed by atoms with Gasteiger partial charge >= 0.3 is 0 Å². The first-order valence-corrected chi connectivity index (χ1v) is 4.65. The molecule has 2 unspecified atom stereocenters. The molecule has 0 aromatic carbocycles. The van der Waals surface area contributed by atoms with Crippen LogP contribution in [0.2, 0.25) is 0 Å². The summed E-state index contributed by atoms with van der Waals surface area (Å²) < 4.78 is 5.57. The predicted octanol–water partition coefficient (Wildman–Crippen LogP) is 1.30. The van der Waals surface area contributed by atoms with Crippen molar-refractivity contribution in [2.24, 2.45) is 5.73 Å². The molecule has 2 heteroatoms. The van der Waals surface area contributed by atoms with E-state index >= 15 is 0 Å². The molecule has 12 heavy (non-hydrogen) atoms. The summed E-state index contributed by atoms with van der Waals surface area (Å²) >= 11 is 0. The Balaban J connectivity index is 2.16. The highest BCUT2D eigenvalue weighted by molar-refractivity contribution is 4.84. The van der Waals surface area contributed by atoms with Crippen LogP contribution in [0, 0.1) is 12.3 Å². The average molecular weight is 167 g/mol. The Kier molecular flexibility index (Phi) is 4.13. The van der Waals surface area contributed by atoms with Gasteiger partial charge in [0.05, 0.1) is 12.7 Å². The number of terminal acetylenes is 1. The lowest BCUT2D eigenvalue weighted by molar-refractivity contribution is 0.0184. The van der Waals surface area contributed by atoms with E-state index in [2.05, 4.69) is 5.92 Å². The summed E-state index contributed by atoms with van der Waals surface area (Å²) in [5, 5.41) is 0. The average Bonchev–Trinajstić information content (AvgIpc) is 2.09. The molecule has 0 radical (unpaired) electrons. The highest BCUT2D eigenvalue weighted by atomic mass is 16.5. The predicted molar refractivity (Wildman–Crippen MR) is 49.6 cm³/mol. The van der Waals surface area contributed by atoms with Gasteiger partial charge < -0.3 is 10.5 Å². The van der Waals surface area contributed by atoms with Crippen molar-refractivity contribution < 1.29 is 4.74 Å². The van der Waals surface area contributed by atoms with Gasteiger partial charge in [0, 0.05) is 12.5 Å². The number of ether oxygens (including phenoxy) is 1. The van der Waals surface area contributed by atoms with Crippen molar-refractivity contribution in [3.05, 3.63) is 0 Å². The van der Waals surface area contributed by atoms with Gasteiger partial charge in [-0.25, -0.2) is 0 Å². The van der Waals surface area contributed by atoms with Crippen LogP contribution < -0.4 is 5.73 Å². The van der Waals surface area contributed by atoms with Gasteiger partial charge in [-0.2, -0.15) is 0 Å². The molecule has 0 amide bonds. The minimum Gasteiger partial charge on any atom is -0.376 e. The van der Waals surface area contributed by atoms with Gasteiger partial charge in [0.25, 0.3) is 0 Å². The van der Waals surface area contributed by atoms with Crippen LogP contribution in [0.25, 0.3) is 0 Å². The Labute approximate surface area is 74.5 Å². The van der Waals surface area contributed by atoms with E-state index in [-0.39, 0.29) is 12.1 Å². The first-order valence-electron chi connectivity index (χ1n) is 4.65. The zero-order valence-electron chi connectivity index (χ0n) is 7.46. The Morgan fingerprint density at radius 1 is 1.42 bits per heavy atom. The number of rotatable bonds is 3. The van der Waals surface area contributed by atoms with Crippen LogP contribution in [-0.4, -0.2) is 18.8 Å². The van der Waals surface area contributed by atoms with Crippen LogP contribution >= 0.6 is 0 Å². The molecule has 2 N–H and O–H groups in total. The lowest BCUT2D eigenvalue weighted by Gasteiger charge is -2.28. The Bertz CT molecular complexity index is 162. The molecule has 0 aromatic rings. The fourth-order valence-electron chi connectivity index (χ4n) is 1.60. The lowest BCUT2D eigenvalue weighted by atomic mass is 9.93. The molecule has 0 saturated heterocycles. The summed E-state index contributed by atoms with van der Waals surface area (Å²) in [6, 6.07) is 0.233. The van der Waals surface area contributed by atoms with Crippen molar-refractivity contribution in [1.29, 1.82) is 0 Å². The molecule has 1 fully saturated rings. The second kappa shape index (κ2) is 5.18. The molecule has 0 heterocycles. The Morgan fingerprint density at radius 2 is 2.17 bits per heavy atom. The van der Waals surface area contributed by atoms with Crippen molar-refractivity contribution in [3.8, 4) is 12.3 Å². The van der Waals surface area contributed by atoms with Gasteiger partial charge in [-0.15, -0.1) is 12.3 Å². The Hall–Kier alpha value is -0.520. The minimum atomic E-state index is 0.233. The Morgan fingerprint density at radius 3 is 2.83 bits per heavy atom. The monoisotopic (exact) mass is 167 g/mol. The van der Waals surface area contributed by atoms with Crippen molar-refractivity contribution in [3.63, 3.8) is 0 Å². The largest absolute Gasteiger partial charge is 0.376 e. The smallest absolute Gasteiger partial charge is 0.0726 e. The molecule has 0 bridgehead atoms. The van der Waals surface area contributed by atoms with Crippen molar-refractivity contribution in [1.82, 2.24) is 0 Å². The summed E-state index contributed by atoms with van der Waals surface area (Å²) in [4.78, 5) is 0. The molecule has 1 rings (SSSR count). The molecule has 2 atom stereocenters. The third-order valence-electron chi connectivity index (χ3n) is 2.33. The van der Waals surface area contributed by atoms with Crippen LogP contribution in [0.5, 0.6) is 0 Å². The molecule has 0 aromatic heterocycles. The van der Waals surface area contributed by atoms with Gasteiger partial charge in [-0.3, -0.25) is 0 Å². The van der Waals surface area contributed by atoms with Crippen molar-refractivity contribution in [2.45, 2.75) is 44.2 Å². The second-order valence-electron chi connectivity index (χ2n) is 3.31. The quantitative estimate of drug-likeness (QED) is 0.508. The molecule has 0 spiro atoms. The zero-order chi connectivity index (χ0) is 8.81. The molecular formula is C10H17NO. The maximum Gasteiger partial charge on any atom is 0.0726 e. The van der Waals surface area contributed by atoms with Gasteiger partial charge in [0.15, 0.2) is 0 Å². The van der Waals surface area contributed by atoms with Gasteiger partial charge in [-0.1, -0.05) is 12.8 Å². The van der Waals surface area contributed by atoms with Crippen LogP contribution in [0.1, 0.15) is 32.1 Å². The van der Waals surface area contributed by atoms with E-state index < -0.39 is 0 Å². The van der Waals surface area contributed by atoms with E-state index in [1.807, 2.05) is 0 Å². The van der Waals surface area contributed by atoms with E-state index in [9.17, 15) is 0 Å². The molecule has 1 aliphatic carbocycles. The first-order chi connectivity index (χ1) is 5.84. The van der Waals surface area contributed by atoms with E-state index in [1.165, 1.54) is 12.8 Å². The fraction of sp³-hybridized carbons (Fsp3) is 0.800. The highest BCUT2D eigenvalue weighted by Crippen LogP contribution is 2.19. The summed E-state index contributed by atoms with van der Waals surface area (Å²) in [6.07, 6.45) is 10.8. The standard InChI is InChI=1S/C10H17NO/c1-2-3-8-12-10-7-5-4-6-9(10)11/h1,9-10H,3-8,11H2. The molecular weight excluding hydrogens is 150 g/mol. The summed E-state index contributed by atoms with van der Waals surface area (Å²) in [7, 11) is 0. The third kappa shape index (κ3) is 2.84. The van der Waals surface area contributed by atoms with Crippen LogP contribution in [-0.2, 0) is 4.74 Å². The summed E-state index contributed by atoms with van der Waals surface area (Å²) in [5.74, 6) is 2.56. The third-order valence-corrected chi connectivity index (χ3v) is 2.33. The van der Waals surface area contributed by atoms with E-state index in [0.29, 0.717) is 13.0 Å². The second-order valence-corrected chi connectivity index (χ2v) is 3.31. The number of nitrogens with two attached hydrogens (primary N) is 1. The minimum absolute atomic E-state index is 0.233. The maximum atomic E-state index is 5.88. The molecule has 1 saturated carbocycles. The topological polar surface area (TPSA) is 35.2 Å². The van der Waals surface area contributed by atoms with E-state index in [4.69, 9.17) is 16.9 Å². The maximum absolute atomic E-state index is 5.88.